The number of hydrogen-bond acceptors (Lipinski definition) is 1. The van der Waals surface area contributed by atoms with E-state index in [9.17, 15) is 0 Å². The third-order valence-corrected chi connectivity index (χ3v) is 2.32. The third-order valence-electron chi connectivity index (χ3n) is 2.32. The molecule has 1 saturated carbocycles. The van der Waals surface area contributed by atoms with E-state index < -0.39 is 0 Å². The maximum atomic E-state index is 4.27. The molecule has 0 aromatic rings. The highest BCUT2D eigenvalue weighted by molar-refractivity contribution is 4.88. The van der Waals surface area contributed by atoms with Crippen molar-refractivity contribution in [3.05, 3.63) is 6.92 Å². The summed E-state index contributed by atoms with van der Waals surface area (Å²) in [6, 6.07) is 0. The molecule has 0 aromatic carbocycles. The molecule has 0 spiro atoms. The number of nitrogens with zero attached hydrogens (tertiary/aromatic N) is 1. The first-order chi connectivity index (χ1) is 4.62. The molecule has 1 radical (unpaired) electrons. The Balaban J connectivity index is 2.36. The monoisotopic (exact) mass is 140 g/mol. The highest BCUT2D eigenvalue weighted by Crippen LogP contribution is 2.37. The van der Waals surface area contributed by atoms with Crippen LogP contribution in [0.3, 0.4) is 0 Å². The van der Waals surface area contributed by atoms with Crippen molar-refractivity contribution in [1.82, 2.24) is 4.90 Å². The van der Waals surface area contributed by atoms with Crippen molar-refractivity contribution in [2.24, 2.45) is 5.41 Å². The van der Waals surface area contributed by atoms with E-state index in [-0.39, 0.29) is 0 Å². The second kappa shape index (κ2) is 2.91. The average molecular weight is 140 g/mol. The maximum absolute atomic E-state index is 4.27. The lowest BCUT2D eigenvalue weighted by molar-refractivity contribution is 0.255. The minimum absolute atomic E-state index is 0.392. The zero-order valence-corrected chi connectivity index (χ0v) is 7.19. The molecular formula is C9H18N. The molecule has 0 atom stereocenters. The van der Waals surface area contributed by atoms with Crippen LogP contribution < -0.4 is 0 Å². The second-order valence-electron chi connectivity index (χ2n) is 3.94. The zero-order valence-electron chi connectivity index (χ0n) is 7.19. The summed E-state index contributed by atoms with van der Waals surface area (Å²) in [5.74, 6) is 0. The summed E-state index contributed by atoms with van der Waals surface area (Å²) in [5, 5.41) is 0. The van der Waals surface area contributed by atoms with Gasteiger partial charge in [-0.25, -0.2) is 0 Å². The van der Waals surface area contributed by atoms with E-state index >= 15 is 0 Å². The molecule has 0 saturated heterocycles. The Hall–Kier alpha value is -0.0400. The molecule has 0 aliphatic heterocycles. The molecule has 1 rings (SSSR count). The Kier molecular flexibility index (Phi) is 2.35. The number of rotatable bonds is 2. The van der Waals surface area contributed by atoms with Crippen LogP contribution in [0.2, 0.25) is 0 Å². The van der Waals surface area contributed by atoms with Gasteiger partial charge in [0.25, 0.3) is 0 Å². The highest BCUT2D eigenvalue weighted by Gasteiger charge is 2.28. The molecule has 0 bridgehead atoms. The molecule has 1 fully saturated rings. The molecule has 10 heavy (non-hydrogen) atoms. The summed E-state index contributed by atoms with van der Waals surface area (Å²) in [6.45, 7) is 5.43. The Morgan fingerprint density at radius 3 is 2.20 bits per heavy atom. The summed E-state index contributed by atoms with van der Waals surface area (Å²) < 4.78 is 0. The molecule has 59 valence electrons. The van der Waals surface area contributed by atoms with Crippen molar-refractivity contribution < 1.29 is 0 Å². The van der Waals surface area contributed by atoms with E-state index in [0.29, 0.717) is 5.41 Å². The predicted octanol–water partition coefficient (Wildman–Crippen LogP) is 1.94. The third kappa shape index (κ3) is 1.98. The summed E-state index contributed by atoms with van der Waals surface area (Å²) >= 11 is 0. The number of hydrogen-bond donors (Lipinski definition) is 0. The summed E-state index contributed by atoms with van der Waals surface area (Å²) in [7, 11) is 4.26. The van der Waals surface area contributed by atoms with Gasteiger partial charge >= 0.3 is 0 Å². The van der Waals surface area contributed by atoms with E-state index in [0.717, 1.165) is 6.54 Å². The maximum Gasteiger partial charge on any atom is 0.00319 e. The molecule has 0 heterocycles. The smallest absolute Gasteiger partial charge is 0.00319 e. The van der Waals surface area contributed by atoms with E-state index in [1.165, 1.54) is 25.7 Å². The minimum Gasteiger partial charge on any atom is -0.309 e. The van der Waals surface area contributed by atoms with Crippen molar-refractivity contribution in [1.29, 1.82) is 0 Å². The lowest BCUT2D eigenvalue weighted by Crippen LogP contribution is -2.28. The van der Waals surface area contributed by atoms with Gasteiger partial charge < -0.3 is 4.90 Å². The van der Waals surface area contributed by atoms with Crippen LogP contribution in [0.15, 0.2) is 0 Å². The summed E-state index contributed by atoms with van der Waals surface area (Å²) in [5.41, 5.74) is 0.392. The van der Waals surface area contributed by atoms with Crippen molar-refractivity contribution in [2.45, 2.75) is 25.7 Å². The molecular weight excluding hydrogens is 122 g/mol. The molecule has 0 amide bonds. The van der Waals surface area contributed by atoms with Crippen molar-refractivity contribution >= 4 is 0 Å². The Morgan fingerprint density at radius 1 is 1.30 bits per heavy atom. The van der Waals surface area contributed by atoms with Gasteiger partial charge in [0.05, 0.1) is 0 Å². The van der Waals surface area contributed by atoms with Gasteiger partial charge in [-0.05, 0) is 39.3 Å². The first-order valence-corrected chi connectivity index (χ1v) is 4.12. The van der Waals surface area contributed by atoms with Gasteiger partial charge in [0.1, 0.15) is 0 Å². The van der Waals surface area contributed by atoms with E-state index in [1.807, 2.05) is 0 Å². The van der Waals surface area contributed by atoms with Crippen molar-refractivity contribution in [3.63, 3.8) is 0 Å². The normalized spacial score (nSPS) is 24.0. The molecule has 1 nitrogen and oxygen atoms in total. The van der Waals surface area contributed by atoms with Gasteiger partial charge in [-0.15, -0.1) is 0 Å². The van der Waals surface area contributed by atoms with Gasteiger partial charge in [-0.1, -0.05) is 12.8 Å². The summed E-state index contributed by atoms with van der Waals surface area (Å²) in [4.78, 5) is 2.25. The molecule has 1 aliphatic rings. The van der Waals surface area contributed by atoms with Crippen LogP contribution in [0.4, 0.5) is 0 Å². The van der Waals surface area contributed by atoms with Crippen LogP contribution in [-0.4, -0.2) is 25.5 Å². The quantitative estimate of drug-likeness (QED) is 0.566. The van der Waals surface area contributed by atoms with E-state index in [4.69, 9.17) is 0 Å². The zero-order chi connectivity index (χ0) is 7.61. The Morgan fingerprint density at radius 2 is 1.80 bits per heavy atom. The van der Waals surface area contributed by atoms with Crippen LogP contribution in [0.5, 0.6) is 0 Å². The molecule has 1 heteroatoms. The average Bonchev–Trinajstić information content (AvgIpc) is 2.12. The first-order valence-electron chi connectivity index (χ1n) is 4.12. The van der Waals surface area contributed by atoms with E-state index in [2.05, 4.69) is 25.9 Å². The Bertz CT molecular complexity index is 101. The summed E-state index contributed by atoms with van der Waals surface area (Å²) in [6.07, 6.45) is 5.42. The fourth-order valence-electron chi connectivity index (χ4n) is 1.95. The fourth-order valence-corrected chi connectivity index (χ4v) is 1.95. The molecule has 1 aliphatic carbocycles. The minimum atomic E-state index is 0.392. The van der Waals surface area contributed by atoms with E-state index in [1.54, 1.807) is 0 Å². The second-order valence-corrected chi connectivity index (χ2v) is 3.94. The van der Waals surface area contributed by atoms with Crippen LogP contribution in [0, 0.1) is 12.3 Å². The SMILES string of the molecule is [CH2]C1(CN(C)C)CCCC1. The lowest BCUT2D eigenvalue weighted by atomic mass is 9.88. The topological polar surface area (TPSA) is 3.24 Å². The first kappa shape index (κ1) is 8.06. The standard InChI is InChI=1S/C9H18N/c1-9(8-10(2)3)6-4-5-7-9/h1,4-8H2,2-3H3. The van der Waals surface area contributed by atoms with Crippen LogP contribution in [0.25, 0.3) is 0 Å². The van der Waals surface area contributed by atoms with Crippen molar-refractivity contribution in [3.8, 4) is 0 Å². The largest absolute Gasteiger partial charge is 0.309 e. The fraction of sp³-hybridized carbons (Fsp3) is 0.889. The van der Waals surface area contributed by atoms with Crippen LogP contribution in [0.1, 0.15) is 25.7 Å². The molecule has 0 aromatic heterocycles. The highest BCUT2D eigenvalue weighted by atomic mass is 15.1. The lowest BCUT2D eigenvalue weighted by Gasteiger charge is -2.26. The van der Waals surface area contributed by atoms with Crippen LogP contribution >= 0.6 is 0 Å². The van der Waals surface area contributed by atoms with Gasteiger partial charge in [0.2, 0.25) is 0 Å². The van der Waals surface area contributed by atoms with Crippen LogP contribution in [-0.2, 0) is 0 Å². The Labute approximate surface area is 64.4 Å². The van der Waals surface area contributed by atoms with Crippen molar-refractivity contribution in [2.75, 3.05) is 20.6 Å². The van der Waals surface area contributed by atoms with Gasteiger partial charge in [0.15, 0.2) is 0 Å². The molecule has 0 unspecified atom stereocenters. The molecule has 0 N–H and O–H groups in total. The predicted molar refractivity (Wildman–Crippen MR) is 44.8 cm³/mol. The van der Waals surface area contributed by atoms with Gasteiger partial charge in [-0.2, -0.15) is 0 Å². The van der Waals surface area contributed by atoms with Gasteiger partial charge in [-0.3, -0.25) is 0 Å². The van der Waals surface area contributed by atoms with Gasteiger partial charge in [0, 0.05) is 6.54 Å².